The second kappa shape index (κ2) is 5.46. The first-order valence-corrected chi connectivity index (χ1v) is 10.9. The van der Waals surface area contributed by atoms with Crippen LogP contribution in [0.3, 0.4) is 0 Å². The Morgan fingerprint density at radius 3 is 2.44 bits per heavy atom. The molecule has 86 valence electrons. The first-order chi connectivity index (χ1) is 7.63. The number of rotatable bonds is 1. The van der Waals surface area contributed by atoms with Gasteiger partial charge in [-0.2, -0.15) is 0 Å². The Hall–Kier alpha value is 0.540. The molecule has 1 heterocycles. The second-order valence-corrected chi connectivity index (χ2v) is 11.7. The minimum atomic E-state index is -0.174. The highest BCUT2D eigenvalue weighted by Gasteiger charge is 2.21. The molecule has 0 nitrogen and oxygen atoms in total. The fourth-order valence-electron chi connectivity index (χ4n) is 1.47. The summed E-state index contributed by atoms with van der Waals surface area (Å²) >= 11 is 4.29. The van der Waals surface area contributed by atoms with Gasteiger partial charge in [-0.3, -0.25) is 0 Å². The molecule has 0 aromatic heterocycles. The largest absolute Gasteiger partial charge is 0.207 e. The van der Waals surface area contributed by atoms with Gasteiger partial charge in [0.15, 0.2) is 0 Å². The normalized spacial score (nSPS) is 20.8. The number of hydrogen-bond acceptors (Lipinski definition) is 2. The van der Waals surface area contributed by atoms with E-state index in [1.165, 1.54) is 26.8 Å². The smallest absolute Gasteiger partial charge is 0.123 e. The molecule has 0 spiro atoms. The molecule has 0 saturated heterocycles. The maximum absolute atomic E-state index is 12.9. The van der Waals surface area contributed by atoms with Crippen LogP contribution in [0, 0.1) is 5.82 Å². The van der Waals surface area contributed by atoms with Crippen molar-refractivity contribution in [1.29, 1.82) is 0 Å². The molecule has 0 amide bonds. The van der Waals surface area contributed by atoms with Crippen molar-refractivity contribution < 1.29 is 4.39 Å². The SMILES string of the molecule is CSC1=S(I)SC(c2ccc(F)cc2)=C1C. The molecule has 2 rings (SSSR count). The molecule has 1 aromatic carbocycles. The van der Waals surface area contributed by atoms with Crippen molar-refractivity contribution in [3.05, 3.63) is 41.2 Å². The summed E-state index contributed by atoms with van der Waals surface area (Å²) in [5, 5.41) is 0. The molecule has 0 saturated carbocycles. The van der Waals surface area contributed by atoms with Crippen LogP contribution in [0.25, 0.3) is 4.91 Å². The second-order valence-electron chi connectivity index (χ2n) is 3.26. The lowest BCUT2D eigenvalue weighted by molar-refractivity contribution is 0.627. The number of halogens is 2. The minimum absolute atomic E-state index is 0.174. The van der Waals surface area contributed by atoms with Gasteiger partial charge in [0.05, 0.1) is 4.20 Å². The van der Waals surface area contributed by atoms with Crippen LogP contribution in [-0.2, 0) is 0 Å². The molecule has 1 atom stereocenters. The predicted molar refractivity (Wildman–Crippen MR) is 86.7 cm³/mol. The lowest BCUT2D eigenvalue weighted by Crippen LogP contribution is -1.90. The zero-order chi connectivity index (χ0) is 11.7. The molecule has 0 aliphatic carbocycles. The van der Waals surface area contributed by atoms with Crippen molar-refractivity contribution in [2.24, 2.45) is 0 Å². The highest BCUT2D eigenvalue weighted by molar-refractivity contribution is 14.2. The van der Waals surface area contributed by atoms with E-state index < -0.39 is 0 Å². The lowest BCUT2D eigenvalue weighted by Gasteiger charge is -2.03. The monoisotopic (exact) mass is 384 g/mol. The molecule has 1 aliphatic heterocycles. The fourth-order valence-corrected chi connectivity index (χ4v) is 10.4. The van der Waals surface area contributed by atoms with Crippen LogP contribution in [-0.4, -0.2) is 10.5 Å². The van der Waals surface area contributed by atoms with Crippen LogP contribution in [0.2, 0.25) is 0 Å². The molecule has 5 heteroatoms. The van der Waals surface area contributed by atoms with E-state index in [-0.39, 0.29) is 12.5 Å². The van der Waals surface area contributed by atoms with Crippen molar-refractivity contribution in [3.63, 3.8) is 0 Å². The topological polar surface area (TPSA) is 0 Å². The van der Waals surface area contributed by atoms with Gasteiger partial charge in [0.25, 0.3) is 0 Å². The zero-order valence-corrected chi connectivity index (χ0v) is 13.4. The van der Waals surface area contributed by atoms with Gasteiger partial charge in [-0.15, -0.1) is 11.8 Å². The Kier molecular flexibility index (Phi) is 4.43. The van der Waals surface area contributed by atoms with E-state index in [9.17, 15) is 4.39 Å². The standard InChI is InChI=1S/C11H10FIS3/c1-7-10(15-16(13)11(7)14-2)8-3-5-9(12)6-4-8/h3-6H,1-2H3. The average Bonchev–Trinajstić information content (AvgIpc) is 2.55. The van der Waals surface area contributed by atoms with Crippen LogP contribution < -0.4 is 0 Å². The molecule has 1 aliphatic rings. The van der Waals surface area contributed by atoms with E-state index in [1.807, 2.05) is 34.7 Å². The Bertz CT molecular complexity index is 477. The quantitative estimate of drug-likeness (QED) is 0.365. The van der Waals surface area contributed by atoms with Gasteiger partial charge in [0.1, 0.15) is 5.82 Å². The molecule has 1 unspecified atom stereocenters. The Labute approximate surface area is 117 Å². The van der Waals surface area contributed by atoms with Crippen molar-refractivity contribution >= 4 is 59.6 Å². The van der Waals surface area contributed by atoms with Crippen LogP contribution in [0.4, 0.5) is 4.39 Å². The summed E-state index contributed by atoms with van der Waals surface area (Å²) in [7, 11) is 1.88. The first kappa shape index (κ1) is 13.0. The van der Waals surface area contributed by atoms with Gasteiger partial charge in [0.2, 0.25) is 0 Å². The maximum Gasteiger partial charge on any atom is 0.123 e. The first-order valence-electron chi connectivity index (χ1n) is 4.60. The molecule has 0 fully saturated rings. The summed E-state index contributed by atoms with van der Waals surface area (Å²) in [6, 6.07) is 6.77. The summed E-state index contributed by atoms with van der Waals surface area (Å²) in [6.45, 7) is 2.38. The third-order valence-electron chi connectivity index (χ3n) is 2.24. The Balaban J connectivity index is 2.38. The van der Waals surface area contributed by atoms with Crippen LogP contribution >= 0.6 is 50.4 Å². The van der Waals surface area contributed by atoms with E-state index in [1.54, 1.807) is 0 Å². The lowest BCUT2D eigenvalue weighted by atomic mass is 10.1. The van der Waals surface area contributed by atoms with Gasteiger partial charge in [-0.1, -0.05) is 22.9 Å². The molecule has 16 heavy (non-hydrogen) atoms. The van der Waals surface area contributed by atoms with Gasteiger partial charge in [-0.05, 0) is 43.1 Å². The van der Waals surface area contributed by atoms with Gasteiger partial charge in [-0.25, -0.2) is 4.39 Å². The zero-order valence-electron chi connectivity index (χ0n) is 8.79. The minimum Gasteiger partial charge on any atom is -0.207 e. The van der Waals surface area contributed by atoms with Crippen molar-refractivity contribution in [2.45, 2.75) is 6.92 Å². The molecule has 1 aromatic rings. The third-order valence-corrected chi connectivity index (χ3v) is 11.0. The van der Waals surface area contributed by atoms with Crippen molar-refractivity contribution in [1.82, 2.24) is 0 Å². The van der Waals surface area contributed by atoms with Gasteiger partial charge >= 0.3 is 0 Å². The summed E-state index contributed by atoms with van der Waals surface area (Å²) < 4.78 is 14.3. The number of hydrogen-bond donors (Lipinski definition) is 0. The number of thioether (sulfide) groups is 1. The predicted octanol–water partition coefficient (Wildman–Crippen LogP) is 5.33. The van der Waals surface area contributed by atoms with Crippen molar-refractivity contribution in [3.8, 4) is 0 Å². The molecular weight excluding hydrogens is 374 g/mol. The van der Waals surface area contributed by atoms with E-state index in [4.69, 9.17) is 0 Å². The Morgan fingerprint density at radius 2 is 1.94 bits per heavy atom. The fraction of sp³-hybridized carbons (Fsp3) is 0.182. The van der Waals surface area contributed by atoms with E-state index >= 15 is 0 Å². The Morgan fingerprint density at radius 1 is 1.31 bits per heavy atom. The molecule has 0 radical (unpaired) electrons. The molecular formula is C11H10FIS3. The van der Waals surface area contributed by atoms with Crippen LogP contribution in [0.5, 0.6) is 0 Å². The summed E-state index contributed by atoms with van der Waals surface area (Å²) in [5.41, 5.74) is 2.48. The van der Waals surface area contributed by atoms with E-state index in [0.717, 1.165) is 5.56 Å². The highest BCUT2D eigenvalue weighted by Crippen LogP contribution is 2.57. The maximum atomic E-state index is 12.9. The molecule has 0 N–H and O–H groups in total. The highest BCUT2D eigenvalue weighted by atomic mass is 127. The summed E-state index contributed by atoms with van der Waals surface area (Å²) in [5.74, 6) is -0.174. The van der Waals surface area contributed by atoms with E-state index in [0.29, 0.717) is 0 Å². The third kappa shape index (κ3) is 2.52. The van der Waals surface area contributed by atoms with Gasteiger partial charge < -0.3 is 0 Å². The van der Waals surface area contributed by atoms with Crippen LogP contribution in [0.15, 0.2) is 29.8 Å². The average molecular weight is 384 g/mol. The molecule has 0 bridgehead atoms. The summed E-state index contributed by atoms with van der Waals surface area (Å²) in [6.07, 6.45) is 2.12. The number of benzene rings is 1. The van der Waals surface area contributed by atoms with E-state index in [2.05, 4.69) is 34.4 Å². The van der Waals surface area contributed by atoms with Gasteiger partial charge in [0, 0.05) is 26.1 Å². The van der Waals surface area contributed by atoms with Crippen LogP contribution in [0.1, 0.15) is 12.5 Å². The van der Waals surface area contributed by atoms with Crippen molar-refractivity contribution in [2.75, 3.05) is 6.26 Å². The summed E-state index contributed by atoms with van der Waals surface area (Å²) in [4.78, 5) is 1.29.